The summed E-state index contributed by atoms with van der Waals surface area (Å²) in [6.45, 7) is 2.44. The van der Waals surface area contributed by atoms with Gasteiger partial charge in [-0.05, 0) is 127 Å². The number of fused-ring (bicyclic) bond motifs is 4. The molecule has 4 aromatic carbocycles. The molecule has 13 nitrogen and oxygen atoms in total. The van der Waals surface area contributed by atoms with Crippen LogP contribution in [0.5, 0.6) is 0 Å². The Balaban J connectivity index is 0.746. The summed E-state index contributed by atoms with van der Waals surface area (Å²) in [4.78, 5) is 71.4. The summed E-state index contributed by atoms with van der Waals surface area (Å²) in [5, 5.41) is 22.5. The molecule has 5 heterocycles. The van der Waals surface area contributed by atoms with E-state index >= 15 is 0 Å². The number of aliphatic hydroxyl groups is 1. The monoisotopic (exact) mass is 845 g/mol. The number of benzene rings is 4. The summed E-state index contributed by atoms with van der Waals surface area (Å²) >= 11 is 0. The number of aryl methyl sites for hydroxylation is 2. The average Bonchev–Trinajstić information content (AvgIpc) is 3.83. The number of nitrogens with one attached hydrogen (secondary N) is 4. The molecule has 0 radical (unpaired) electrons. The molecule has 13 heteroatoms. The Morgan fingerprint density at radius 2 is 1.57 bits per heavy atom. The fourth-order valence-electron chi connectivity index (χ4n) is 9.74. The highest BCUT2D eigenvalue weighted by atomic mass is 16.3. The Morgan fingerprint density at radius 1 is 0.810 bits per heavy atom. The van der Waals surface area contributed by atoms with E-state index in [9.17, 15) is 29.1 Å². The van der Waals surface area contributed by atoms with Crippen LogP contribution in [0.4, 0.5) is 17.1 Å². The fraction of sp³-hybridized carbons (Fsp3) is 0.320. The molecule has 0 aliphatic carbocycles. The van der Waals surface area contributed by atoms with Gasteiger partial charge in [0.2, 0.25) is 17.7 Å². The molecule has 4 atom stereocenters. The van der Waals surface area contributed by atoms with Gasteiger partial charge in [0.1, 0.15) is 6.04 Å². The van der Waals surface area contributed by atoms with Crippen molar-refractivity contribution in [3.63, 3.8) is 0 Å². The van der Waals surface area contributed by atoms with Gasteiger partial charge >= 0.3 is 0 Å². The van der Waals surface area contributed by atoms with Crippen LogP contribution in [-0.2, 0) is 33.8 Å². The zero-order chi connectivity index (χ0) is 43.5. The molecule has 5 amide bonds. The highest BCUT2D eigenvalue weighted by Crippen LogP contribution is 2.48. The first kappa shape index (κ1) is 41.6. The van der Waals surface area contributed by atoms with E-state index in [1.807, 2.05) is 30.6 Å². The van der Waals surface area contributed by atoms with Crippen molar-refractivity contribution in [3.05, 3.63) is 143 Å². The number of anilines is 3. The number of aliphatic hydroxyl groups excluding tert-OH is 1. The predicted octanol–water partition coefficient (Wildman–Crippen LogP) is 6.51. The van der Waals surface area contributed by atoms with Crippen LogP contribution in [0.25, 0.3) is 11.1 Å². The second-order valence-electron chi connectivity index (χ2n) is 17.0. The van der Waals surface area contributed by atoms with E-state index < -0.39 is 29.7 Å². The Kier molecular flexibility index (Phi) is 12.1. The Morgan fingerprint density at radius 3 is 2.35 bits per heavy atom. The van der Waals surface area contributed by atoms with Crippen molar-refractivity contribution >= 4 is 46.6 Å². The highest BCUT2D eigenvalue weighted by Gasteiger charge is 2.46. The summed E-state index contributed by atoms with van der Waals surface area (Å²) in [6, 6.07) is 31.3. The lowest BCUT2D eigenvalue weighted by Crippen LogP contribution is -2.54. The topological polar surface area (TPSA) is 173 Å². The van der Waals surface area contributed by atoms with Gasteiger partial charge in [-0.1, -0.05) is 48.5 Å². The van der Waals surface area contributed by atoms with Crippen LogP contribution in [-0.4, -0.2) is 81.2 Å². The van der Waals surface area contributed by atoms with E-state index in [4.69, 9.17) is 0 Å². The van der Waals surface area contributed by atoms with Crippen LogP contribution >= 0.6 is 0 Å². The van der Waals surface area contributed by atoms with Gasteiger partial charge in [0.05, 0.1) is 23.8 Å². The average molecular weight is 846 g/mol. The van der Waals surface area contributed by atoms with E-state index in [0.29, 0.717) is 31.0 Å². The van der Waals surface area contributed by atoms with Crippen molar-refractivity contribution in [2.45, 2.75) is 76.0 Å². The molecule has 0 bridgehead atoms. The lowest BCUT2D eigenvalue weighted by Gasteiger charge is -2.39. The Bertz CT molecular complexity index is 2550. The maximum Gasteiger partial charge on any atom is 0.264 e. The number of hydrogen-bond acceptors (Lipinski definition) is 10. The van der Waals surface area contributed by atoms with Crippen LogP contribution < -0.4 is 21.3 Å². The van der Waals surface area contributed by atoms with Gasteiger partial charge in [-0.2, -0.15) is 0 Å². The summed E-state index contributed by atoms with van der Waals surface area (Å²) in [6.07, 6.45) is 8.34. The van der Waals surface area contributed by atoms with E-state index in [1.165, 1.54) is 16.7 Å². The quantitative estimate of drug-likeness (QED) is 0.0578. The molecular weight excluding hydrogens is 795 g/mol. The summed E-state index contributed by atoms with van der Waals surface area (Å²) < 4.78 is 0. The van der Waals surface area contributed by atoms with Crippen molar-refractivity contribution in [1.82, 2.24) is 20.1 Å². The number of aromatic nitrogens is 1. The van der Waals surface area contributed by atoms with Crippen LogP contribution in [0.1, 0.15) is 87.5 Å². The van der Waals surface area contributed by atoms with Gasteiger partial charge in [0, 0.05) is 67.3 Å². The third-order valence-corrected chi connectivity index (χ3v) is 12.9. The third-order valence-electron chi connectivity index (χ3n) is 12.9. The molecule has 5 aromatic rings. The lowest BCUT2D eigenvalue weighted by molar-refractivity contribution is -0.136. The molecule has 1 unspecified atom stereocenters. The SMILES string of the molecule is O=C1CCC(N2C(=O)c3cccc(NCCCc4ccc(CCCC(=O)Nc5cccc(-c6ccc7c(c6)[C@H]6[C@H](CCN6Cc6ccncc6)[C@@H](CO)N7)c5)cc4)c3C2=O)C(=O)N1. The molecule has 5 N–H and O–H groups in total. The van der Waals surface area contributed by atoms with Gasteiger partial charge in [-0.3, -0.25) is 44.1 Å². The maximum atomic E-state index is 13.4. The van der Waals surface area contributed by atoms with E-state index in [0.717, 1.165) is 71.7 Å². The normalized spacial score (nSPS) is 20.4. The van der Waals surface area contributed by atoms with Crippen LogP contribution in [0.15, 0.2) is 109 Å². The molecule has 63 heavy (non-hydrogen) atoms. The van der Waals surface area contributed by atoms with Gasteiger partial charge in [-0.15, -0.1) is 0 Å². The summed E-state index contributed by atoms with van der Waals surface area (Å²) in [5.41, 5.74) is 9.77. The lowest BCUT2D eigenvalue weighted by atomic mass is 9.82. The fourth-order valence-corrected chi connectivity index (χ4v) is 9.74. The van der Waals surface area contributed by atoms with Gasteiger partial charge < -0.3 is 21.1 Å². The molecular formula is C50H51N7O6. The molecule has 4 aliphatic heterocycles. The Labute approximate surface area is 366 Å². The first-order valence-corrected chi connectivity index (χ1v) is 21.9. The van der Waals surface area contributed by atoms with Crippen molar-refractivity contribution in [1.29, 1.82) is 0 Å². The number of likely N-dealkylation sites (tertiary alicyclic amines) is 1. The second-order valence-corrected chi connectivity index (χ2v) is 17.0. The standard InChI is InChI=1S/C50H51N7O6/c58-30-42-37-22-26-56(29-33-20-24-51-25-21-33)47(37)39-28-35(16-17-40(39)54-42)34-7-2-8-36(27-34)53-44(59)11-1-5-31-12-14-32(15-13-31)6-4-23-52-41-10-3-9-38-46(41)50(63)57(49(38)62)43-18-19-45(60)55-48(43)61/h2-3,7-10,12-17,20-21,24-25,27-28,37,42-43,47,52,54,58H,1,4-6,11,18-19,22-23,26,29-30H2,(H,53,59)(H,55,60,61)/t37-,42-,43?,47-/m1/s1. The number of pyridine rings is 1. The first-order valence-electron chi connectivity index (χ1n) is 21.9. The minimum atomic E-state index is -1.00. The van der Waals surface area contributed by atoms with Gasteiger partial charge in [0.15, 0.2) is 0 Å². The van der Waals surface area contributed by atoms with Crippen molar-refractivity contribution < 1.29 is 29.1 Å². The van der Waals surface area contributed by atoms with E-state index in [-0.39, 0.29) is 48.6 Å². The smallest absolute Gasteiger partial charge is 0.264 e. The summed E-state index contributed by atoms with van der Waals surface area (Å²) in [7, 11) is 0. The highest BCUT2D eigenvalue weighted by molar-refractivity contribution is 6.25. The van der Waals surface area contributed by atoms with Crippen molar-refractivity contribution in [3.8, 4) is 11.1 Å². The maximum absolute atomic E-state index is 13.4. The third kappa shape index (κ3) is 8.84. The Hall–Kier alpha value is -6.70. The molecule has 2 saturated heterocycles. The predicted molar refractivity (Wildman–Crippen MR) is 240 cm³/mol. The number of amides is 5. The minimum absolute atomic E-state index is 0.00644. The van der Waals surface area contributed by atoms with Crippen molar-refractivity contribution in [2.24, 2.45) is 5.92 Å². The first-order chi connectivity index (χ1) is 30.7. The molecule has 1 aromatic heterocycles. The zero-order valence-corrected chi connectivity index (χ0v) is 35.0. The van der Waals surface area contributed by atoms with Crippen LogP contribution in [0.3, 0.4) is 0 Å². The number of piperidine rings is 1. The molecule has 4 aliphatic rings. The number of carbonyl (C=O) groups is 5. The molecule has 0 spiro atoms. The number of rotatable bonds is 15. The van der Waals surface area contributed by atoms with Gasteiger partial charge in [-0.25, -0.2) is 0 Å². The largest absolute Gasteiger partial charge is 0.394 e. The number of imide groups is 2. The summed E-state index contributed by atoms with van der Waals surface area (Å²) in [5.74, 6) is -1.81. The van der Waals surface area contributed by atoms with Gasteiger partial charge in [0.25, 0.3) is 11.8 Å². The molecule has 322 valence electrons. The second kappa shape index (κ2) is 18.3. The van der Waals surface area contributed by atoms with Crippen molar-refractivity contribution in [2.75, 3.05) is 35.6 Å². The number of carbonyl (C=O) groups excluding carboxylic acids is 5. The number of nitrogens with zero attached hydrogens (tertiary/aromatic N) is 3. The van der Waals surface area contributed by atoms with E-state index in [1.54, 1.807) is 18.2 Å². The van der Waals surface area contributed by atoms with Crippen LogP contribution in [0, 0.1) is 5.92 Å². The molecule has 9 rings (SSSR count). The molecule has 2 fully saturated rings. The molecule has 0 saturated carbocycles. The zero-order valence-electron chi connectivity index (χ0n) is 35.0. The minimum Gasteiger partial charge on any atom is -0.394 e. The number of hydrogen-bond donors (Lipinski definition) is 5. The van der Waals surface area contributed by atoms with Crippen LogP contribution in [0.2, 0.25) is 0 Å². The van der Waals surface area contributed by atoms with E-state index in [2.05, 4.69) is 91.8 Å².